The Bertz CT molecular complexity index is 550. The van der Waals surface area contributed by atoms with Gasteiger partial charge in [0.05, 0.1) is 24.5 Å². The van der Waals surface area contributed by atoms with Crippen LogP contribution in [0.5, 0.6) is 5.75 Å². The van der Waals surface area contributed by atoms with Crippen LogP contribution in [-0.2, 0) is 14.3 Å². The summed E-state index contributed by atoms with van der Waals surface area (Å²) < 4.78 is 10.4. The van der Waals surface area contributed by atoms with Crippen molar-refractivity contribution in [2.24, 2.45) is 5.92 Å². The summed E-state index contributed by atoms with van der Waals surface area (Å²) in [5.74, 6) is -0.0308. The number of ether oxygens (including phenoxy) is 2. The smallest absolute Gasteiger partial charge is 0.311 e. The second-order valence-corrected chi connectivity index (χ2v) is 6.50. The molecule has 0 N–H and O–H groups in total. The van der Waals surface area contributed by atoms with Gasteiger partial charge in [0.15, 0.2) is 0 Å². The van der Waals surface area contributed by atoms with Gasteiger partial charge < -0.3 is 9.47 Å². The first-order chi connectivity index (χ1) is 11.0. The largest absolute Gasteiger partial charge is 0.465 e. The molecule has 2 rings (SSSR count). The van der Waals surface area contributed by atoms with Crippen LogP contribution in [-0.4, -0.2) is 18.5 Å². The predicted molar refractivity (Wildman–Crippen MR) is 88.6 cm³/mol. The van der Waals surface area contributed by atoms with Crippen molar-refractivity contribution >= 4 is 23.5 Å². The second kappa shape index (κ2) is 8.92. The highest BCUT2D eigenvalue weighted by molar-refractivity contribution is 6.32. The number of aryl methyl sites for hydroxylation is 1. The highest BCUT2D eigenvalue weighted by Crippen LogP contribution is 2.26. The van der Waals surface area contributed by atoms with E-state index < -0.39 is 5.97 Å². The molecule has 1 aliphatic carbocycles. The number of carbonyl (C=O) groups excluding carboxylic acids is 2. The third-order valence-corrected chi connectivity index (χ3v) is 4.34. The van der Waals surface area contributed by atoms with Gasteiger partial charge in [0.1, 0.15) is 5.75 Å². The van der Waals surface area contributed by atoms with E-state index in [4.69, 9.17) is 21.1 Å². The maximum atomic E-state index is 11.8. The van der Waals surface area contributed by atoms with Crippen molar-refractivity contribution in [2.45, 2.75) is 51.9 Å². The SMILES string of the molecule is Cc1ccc(OC(=O)CCC(=O)OCC2CCCCC2)c(Cl)c1. The summed E-state index contributed by atoms with van der Waals surface area (Å²) in [6, 6.07) is 5.19. The molecule has 0 spiro atoms. The van der Waals surface area contributed by atoms with Crippen LogP contribution >= 0.6 is 11.6 Å². The Morgan fingerprint density at radius 1 is 1.13 bits per heavy atom. The first-order valence-corrected chi connectivity index (χ1v) is 8.55. The van der Waals surface area contributed by atoms with Crippen molar-refractivity contribution in [3.05, 3.63) is 28.8 Å². The molecule has 5 heteroatoms. The summed E-state index contributed by atoms with van der Waals surface area (Å²) in [5, 5.41) is 0.387. The minimum atomic E-state index is -0.481. The lowest BCUT2D eigenvalue weighted by molar-refractivity contribution is -0.148. The molecule has 0 aliphatic heterocycles. The zero-order chi connectivity index (χ0) is 16.7. The number of halogens is 1. The molecular weight excluding hydrogens is 316 g/mol. The third-order valence-electron chi connectivity index (χ3n) is 4.05. The van der Waals surface area contributed by atoms with Crippen molar-refractivity contribution < 1.29 is 19.1 Å². The molecule has 1 saturated carbocycles. The quantitative estimate of drug-likeness (QED) is 0.567. The zero-order valence-electron chi connectivity index (χ0n) is 13.5. The number of hydrogen-bond acceptors (Lipinski definition) is 4. The Morgan fingerprint density at radius 2 is 1.83 bits per heavy atom. The lowest BCUT2D eigenvalue weighted by Gasteiger charge is -2.20. The van der Waals surface area contributed by atoms with Gasteiger partial charge in [-0.3, -0.25) is 9.59 Å². The maximum absolute atomic E-state index is 11.8. The third kappa shape index (κ3) is 6.22. The summed E-state index contributed by atoms with van der Waals surface area (Å²) in [6.07, 6.45) is 5.99. The van der Waals surface area contributed by atoms with Crippen LogP contribution in [0.15, 0.2) is 18.2 Å². The number of esters is 2. The Kier molecular flexibility index (Phi) is 6.90. The van der Waals surface area contributed by atoms with Gasteiger partial charge in [-0.05, 0) is 43.4 Å². The highest BCUT2D eigenvalue weighted by Gasteiger charge is 2.16. The fourth-order valence-electron chi connectivity index (χ4n) is 2.70. The van der Waals surface area contributed by atoms with Crippen LogP contribution < -0.4 is 4.74 Å². The number of rotatable bonds is 6. The Hall–Kier alpha value is -1.55. The molecule has 126 valence electrons. The number of hydrogen-bond donors (Lipinski definition) is 0. The summed E-state index contributed by atoms with van der Waals surface area (Å²) in [7, 11) is 0. The van der Waals surface area contributed by atoms with Gasteiger partial charge in [-0.15, -0.1) is 0 Å². The predicted octanol–water partition coefficient (Wildman–Crippen LogP) is 4.46. The average Bonchev–Trinajstić information content (AvgIpc) is 2.54. The van der Waals surface area contributed by atoms with E-state index in [1.54, 1.807) is 12.1 Å². The second-order valence-electron chi connectivity index (χ2n) is 6.09. The van der Waals surface area contributed by atoms with E-state index in [2.05, 4.69) is 0 Å². The van der Waals surface area contributed by atoms with Crippen LogP contribution in [0.1, 0.15) is 50.5 Å². The molecule has 0 atom stereocenters. The molecule has 1 aliphatic rings. The summed E-state index contributed by atoms with van der Waals surface area (Å²) in [4.78, 5) is 23.5. The Labute approximate surface area is 142 Å². The first-order valence-electron chi connectivity index (χ1n) is 8.17. The van der Waals surface area contributed by atoms with E-state index in [0.29, 0.717) is 23.3 Å². The molecule has 0 amide bonds. The van der Waals surface area contributed by atoms with Gasteiger partial charge in [0, 0.05) is 0 Å². The minimum absolute atomic E-state index is 0.00624. The molecular formula is C18H23ClO4. The maximum Gasteiger partial charge on any atom is 0.311 e. The molecule has 0 saturated heterocycles. The number of benzene rings is 1. The van der Waals surface area contributed by atoms with Gasteiger partial charge in [0.2, 0.25) is 0 Å². The van der Waals surface area contributed by atoms with Crippen LogP contribution in [0.2, 0.25) is 5.02 Å². The Balaban J connectivity index is 1.68. The van der Waals surface area contributed by atoms with E-state index in [1.807, 2.05) is 13.0 Å². The normalized spacial score (nSPS) is 15.2. The van der Waals surface area contributed by atoms with Gasteiger partial charge in [-0.1, -0.05) is 36.9 Å². The topological polar surface area (TPSA) is 52.6 Å². The van der Waals surface area contributed by atoms with Crippen LogP contribution in [0.4, 0.5) is 0 Å². The summed E-state index contributed by atoms with van der Waals surface area (Å²) in [6.45, 7) is 2.37. The molecule has 0 radical (unpaired) electrons. The molecule has 0 unspecified atom stereocenters. The molecule has 0 bridgehead atoms. The fraction of sp³-hybridized carbons (Fsp3) is 0.556. The molecule has 0 heterocycles. The molecule has 1 fully saturated rings. The lowest BCUT2D eigenvalue weighted by atomic mass is 9.90. The van der Waals surface area contributed by atoms with Crippen molar-refractivity contribution in [1.29, 1.82) is 0 Å². The lowest BCUT2D eigenvalue weighted by Crippen LogP contribution is -2.18. The van der Waals surface area contributed by atoms with Crippen molar-refractivity contribution in [2.75, 3.05) is 6.61 Å². The molecule has 0 aromatic heterocycles. The average molecular weight is 339 g/mol. The highest BCUT2D eigenvalue weighted by atomic mass is 35.5. The fourth-order valence-corrected chi connectivity index (χ4v) is 2.98. The zero-order valence-corrected chi connectivity index (χ0v) is 14.2. The molecule has 4 nitrogen and oxygen atoms in total. The first kappa shape index (κ1) is 17.8. The Morgan fingerprint density at radius 3 is 2.52 bits per heavy atom. The van der Waals surface area contributed by atoms with Crippen LogP contribution in [0, 0.1) is 12.8 Å². The molecule has 1 aromatic rings. The van der Waals surface area contributed by atoms with Gasteiger partial charge in [-0.2, -0.15) is 0 Å². The standard InChI is InChI=1S/C18H23ClO4/c1-13-7-8-16(15(19)11-13)23-18(21)10-9-17(20)22-12-14-5-3-2-4-6-14/h7-8,11,14H,2-6,9-10,12H2,1H3. The van der Waals surface area contributed by atoms with E-state index in [-0.39, 0.29) is 18.8 Å². The van der Waals surface area contributed by atoms with Crippen molar-refractivity contribution in [3.63, 3.8) is 0 Å². The minimum Gasteiger partial charge on any atom is -0.465 e. The molecule has 23 heavy (non-hydrogen) atoms. The molecule has 1 aromatic carbocycles. The van der Waals surface area contributed by atoms with Gasteiger partial charge in [0.25, 0.3) is 0 Å². The van der Waals surface area contributed by atoms with Crippen molar-refractivity contribution in [1.82, 2.24) is 0 Å². The number of carbonyl (C=O) groups is 2. The van der Waals surface area contributed by atoms with E-state index in [9.17, 15) is 9.59 Å². The van der Waals surface area contributed by atoms with E-state index in [0.717, 1.165) is 18.4 Å². The van der Waals surface area contributed by atoms with Gasteiger partial charge >= 0.3 is 11.9 Å². The monoisotopic (exact) mass is 338 g/mol. The summed E-state index contributed by atoms with van der Waals surface area (Å²) in [5.41, 5.74) is 0.987. The van der Waals surface area contributed by atoms with E-state index in [1.165, 1.54) is 19.3 Å². The van der Waals surface area contributed by atoms with Crippen molar-refractivity contribution in [3.8, 4) is 5.75 Å². The van der Waals surface area contributed by atoms with Crippen LogP contribution in [0.3, 0.4) is 0 Å². The van der Waals surface area contributed by atoms with E-state index >= 15 is 0 Å². The van der Waals surface area contributed by atoms with Gasteiger partial charge in [-0.25, -0.2) is 0 Å². The summed E-state index contributed by atoms with van der Waals surface area (Å²) >= 11 is 6.00. The van der Waals surface area contributed by atoms with Crippen LogP contribution in [0.25, 0.3) is 0 Å².